The average Bonchev–Trinajstić information content (AvgIpc) is 3.85. The van der Waals surface area contributed by atoms with Gasteiger partial charge in [0.05, 0.1) is 10.9 Å². The third-order valence-corrected chi connectivity index (χ3v) is 12.0. The Labute approximate surface area is 273 Å². The van der Waals surface area contributed by atoms with E-state index in [1.807, 2.05) is 0 Å². The van der Waals surface area contributed by atoms with Crippen molar-refractivity contribution in [3.8, 4) is 17.2 Å². The summed E-state index contributed by atoms with van der Waals surface area (Å²) in [5.41, 5.74) is -1.90. The van der Waals surface area contributed by atoms with Crippen LogP contribution >= 0.6 is 0 Å². The first-order valence-electron chi connectivity index (χ1n) is 16.3. The average molecular weight is 648 g/mol. The van der Waals surface area contributed by atoms with Gasteiger partial charge < -0.3 is 14.2 Å². The molecule has 7 heteroatoms. The lowest BCUT2D eigenvalue weighted by Crippen LogP contribution is -2.30. The molecule has 0 atom stereocenters. The summed E-state index contributed by atoms with van der Waals surface area (Å²) < 4.78 is 65.0. The predicted molar refractivity (Wildman–Crippen MR) is 177 cm³/mol. The zero-order valence-electron chi connectivity index (χ0n) is 26.3. The molecule has 0 heterocycles. The molecule has 3 aromatic carbocycles. The Balaban J connectivity index is 1.45. The van der Waals surface area contributed by atoms with Crippen molar-refractivity contribution >= 4 is 10.9 Å². The van der Waals surface area contributed by atoms with E-state index in [1.54, 1.807) is 54.6 Å². The second-order valence-electron chi connectivity index (χ2n) is 12.8. The Morgan fingerprint density at radius 1 is 0.478 bits per heavy atom. The molecule has 242 valence electrons. The molecule has 0 aromatic heterocycles. The molecule has 46 heavy (non-hydrogen) atoms. The third kappa shape index (κ3) is 6.48. The van der Waals surface area contributed by atoms with Crippen LogP contribution in [-0.2, 0) is 10.9 Å². The fourth-order valence-electron chi connectivity index (χ4n) is 7.10. The fourth-order valence-corrected chi connectivity index (χ4v) is 9.20. The lowest BCUT2D eigenvalue weighted by molar-refractivity contribution is 0.121. The number of rotatable bonds is 12. The molecule has 0 N–H and O–H groups in total. The van der Waals surface area contributed by atoms with E-state index in [9.17, 15) is 0 Å². The first kappa shape index (κ1) is 32.4. The van der Waals surface area contributed by atoms with Crippen LogP contribution in [-0.4, -0.2) is 16.8 Å². The minimum Gasteiger partial charge on any atom is -0.480 e. The first-order valence-corrected chi connectivity index (χ1v) is 17.6. The zero-order valence-corrected chi connectivity index (χ0v) is 27.1. The van der Waals surface area contributed by atoms with E-state index in [1.165, 1.54) is 18.2 Å². The Bertz CT molecular complexity index is 1410. The van der Waals surface area contributed by atoms with E-state index in [-0.39, 0.29) is 17.2 Å². The summed E-state index contributed by atoms with van der Waals surface area (Å²) in [6.45, 7) is 11.9. The largest absolute Gasteiger partial charge is 0.480 e. The van der Waals surface area contributed by atoms with Gasteiger partial charge in [-0.25, -0.2) is 13.2 Å². The van der Waals surface area contributed by atoms with Crippen molar-refractivity contribution in [1.29, 1.82) is 0 Å². The van der Waals surface area contributed by atoms with Gasteiger partial charge in [-0.05, 0) is 132 Å². The van der Waals surface area contributed by atoms with Crippen LogP contribution in [0.3, 0.4) is 0 Å². The lowest BCUT2D eigenvalue weighted by Gasteiger charge is -2.27. The summed E-state index contributed by atoms with van der Waals surface area (Å²) in [5, 5.41) is 0. The molecule has 3 nitrogen and oxygen atoms in total. The fraction of sp³-hybridized carbons (Fsp3) is 0.385. The van der Waals surface area contributed by atoms with E-state index >= 15 is 13.2 Å². The molecule has 3 aliphatic carbocycles. The summed E-state index contributed by atoms with van der Waals surface area (Å²) in [7, 11) is -0.944. The van der Waals surface area contributed by atoms with Gasteiger partial charge in [-0.15, -0.1) is 0 Å². The smallest absolute Gasteiger partial charge is 0.170 e. The van der Waals surface area contributed by atoms with Gasteiger partial charge in [0.2, 0.25) is 0 Å². The van der Waals surface area contributed by atoms with Gasteiger partial charge >= 0.3 is 0 Å². The molecule has 0 bridgehead atoms. The van der Waals surface area contributed by atoms with Gasteiger partial charge in [-0.2, -0.15) is 0 Å². The van der Waals surface area contributed by atoms with Crippen molar-refractivity contribution in [1.82, 2.24) is 0 Å². The maximum absolute atomic E-state index is 15.3. The van der Waals surface area contributed by atoms with Crippen LogP contribution in [0, 0.1) is 17.5 Å². The minimum absolute atomic E-state index is 0.127. The Hall–Kier alpha value is -3.58. The predicted octanol–water partition coefficient (Wildman–Crippen LogP) is 10.8. The number of ether oxygens (including phenoxy) is 3. The Kier molecular flexibility index (Phi) is 9.33. The molecule has 3 saturated carbocycles. The topological polar surface area (TPSA) is 27.7 Å². The van der Waals surface area contributed by atoms with E-state index in [0.717, 1.165) is 91.7 Å². The van der Waals surface area contributed by atoms with Crippen LogP contribution in [0.4, 0.5) is 13.2 Å². The highest BCUT2D eigenvalue weighted by molar-refractivity contribution is 7.97. The van der Waals surface area contributed by atoms with Gasteiger partial charge in [-0.3, -0.25) is 0 Å². The van der Waals surface area contributed by atoms with Gasteiger partial charge in [0.1, 0.15) is 16.8 Å². The molecule has 3 aliphatic rings. The van der Waals surface area contributed by atoms with Gasteiger partial charge in [0, 0.05) is 18.2 Å². The maximum atomic E-state index is 15.3. The van der Waals surface area contributed by atoms with Crippen molar-refractivity contribution in [3.63, 3.8) is 0 Å². The highest BCUT2D eigenvalue weighted by Crippen LogP contribution is 2.43. The van der Waals surface area contributed by atoms with Crippen LogP contribution in [0.1, 0.15) is 77.0 Å². The summed E-state index contributed by atoms with van der Waals surface area (Å²) in [4.78, 5) is 2.17. The van der Waals surface area contributed by atoms with E-state index < -0.39 is 45.1 Å². The number of benzene rings is 3. The molecule has 0 unspecified atom stereocenters. The van der Waals surface area contributed by atoms with Gasteiger partial charge in [0.25, 0.3) is 0 Å². The maximum Gasteiger partial charge on any atom is 0.170 e. The van der Waals surface area contributed by atoms with Crippen LogP contribution < -0.4 is 14.2 Å². The van der Waals surface area contributed by atoms with Crippen molar-refractivity contribution in [3.05, 3.63) is 110 Å². The third-order valence-electron chi connectivity index (χ3n) is 9.82. The minimum atomic E-state index is -0.944. The lowest BCUT2D eigenvalue weighted by atomic mass is 10.0. The molecular formula is C39H42F3O3S+. The second-order valence-corrected chi connectivity index (χ2v) is 14.8. The Morgan fingerprint density at radius 3 is 0.978 bits per heavy atom. The Morgan fingerprint density at radius 2 is 0.739 bits per heavy atom. The molecule has 3 aromatic rings. The van der Waals surface area contributed by atoms with Crippen molar-refractivity contribution < 1.29 is 27.4 Å². The van der Waals surface area contributed by atoms with Crippen LogP contribution in [0.15, 0.2) is 107 Å². The molecule has 0 aliphatic heterocycles. The molecule has 6 rings (SSSR count). The van der Waals surface area contributed by atoms with Crippen molar-refractivity contribution in [2.45, 2.75) is 109 Å². The first-order chi connectivity index (χ1) is 22.2. The summed E-state index contributed by atoms with van der Waals surface area (Å²) in [6, 6.07) is 14.4. The van der Waals surface area contributed by atoms with E-state index in [0.29, 0.717) is 0 Å². The zero-order chi connectivity index (χ0) is 32.4. The molecule has 0 spiro atoms. The van der Waals surface area contributed by atoms with E-state index in [2.05, 4.69) is 19.7 Å². The molecule has 3 fully saturated rings. The standard InChI is InChI=1S/C39H42F3O3S/c1-4-37(19-7-8-20-37)43-34-25-28(13-16-31(34)40)46(29-14-17-32(41)35(26-29)44-38(5-2)21-9-10-22-38)30-15-18-33(42)36(27-30)45-39(6-3)23-11-12-24-39/h4-6,13-18,25-27H,1-3,7-12,19-24H2/q+1. The second kappa shape index (κ2) is 13.3. The number of hydrogen-bond acceptors (Lipinski definition) is 3. The number of hydrogen-bond donors (Lipinski definition) is 0. The van der Waals surface area contributed by atoms with Crippen LogP contribution in [0.2, 0.25) is 0 Å². The van der Waals surface area contributed by atoms with Crippen molar-refractivity contribution in [2.24, 2.45) is 0 Å². The van der Waals surface area contributed by atoms with Crippen molar-refractivity contribution in [2.75, 3.05) is 0 Å². The summed E-state index contributed by atoms with van der Waals surface area (Å²) >= 11 is 0. The quantitative estimate of drug-likeness (QED) is 0.145. The highest BCUT2D eigenvalue weighted by atomic mass is 32.2. The summed E-state index contributed by atoms with van der Waals surface area (Å²) in [5.74, 6) is -1.05. The SMILES string of the molecule is C=CC1(Oc2cc([S+](c3ccc(F)c(OC4(C=C)CCCC4)c3)c3ccc(F)c(OC4(C=C)CCCC4)c3)ccc2F)CCCC1. The monoisotopic (exact) mass is 647 g/mol. The molecule has 0 radical (unpaired) electrons. The molecular weight excluding hydrogens is 605 g/mol. The molecule has 0 amide bonds. The van der Waals surface area contributed by atoms with E-state index in [4.69, 9.17) is 14.2 Å². The number of halogens is 3. The van der Waals surface area contributed by atoms with Crippen LogP contribution in [0.5, 0.6) is 17.2 Å². The van der Waals surface area contributed by atoms with Gasteiger partial charge in [-0.1, -0.05) is 19.7 Å². The summed E-state index contributed by atoms with van der Waals surface area (Å²) in [6.07, 6.45) is 15.8. The van der Waals surface area contributed by atoms with Gasteiger partial charge in [0.15, 0.2) is 49.4 Å². The van der Waals surface area contributed by atoms with Crippen LogP contribution in [0.25, 0.3) is 0 Å². The normalized spacial score (nSPS) is 19.6. The molecule has 0 saturated heterocycles. The highest BCUT2D eigenvalue weighted by Gasteiger charge is 2.39.